The SMILES string of the molecule is C=C/C(C)=C\C=C/C(=C)C. The highest BCUT2D eigenvalue weighted by Crippen LogP contribution is 1.95. The van der Waals surface area contributed by atoms with Crippen molar-refractivity contribution in [1.82, 2.24) is 0 Å². The summed E-state index contributed by atoms with van der Waals surface area (Å²) in [5.41, 5.74) is 2.23. The minimum Gasteiger partial charge on any atom is -0.0988 e. The van der Waals surface area contributed by atoms with Crippen molar-refractivity contribution in [2.75, 3.05) is 0 Å². The average molecular weight is 134 g/mol. The van der Waals surface area contributed by atoms with Gasteiger partial charge in [-0.05, 0) is 13.8 Å². The van der Waals surface area contributed by atoms with Gasteiger partial charge in [0, 0.05) is 0 Å². The van der Waals surface area contributed by atoms with Gasteiger partial charge in [-0.2, -0.15) is 0 Å². The van der Waals surface area contributed by atoms with Crippen LogP contribution in [0.1, 0.15) is 13.8 Å². The zero-order valence-corrected chi connectivity index (χ0v) is 6.72. The minimum atomic E-state index is 1.06. The fourth-order valence-electron chi connectivity index (χ4n) is 0.432. The number of hydrogen-bond acceptors (Lipinski definition) is 0. The molecule has 0 aromatic heterocycles. The topological polar surface area (TPSA) is 0 Å². The zero-order valence-electron chi connectivity index (χ0n) is 6.72. The van der Waals surface area contributed by atoms with Gasteiger partial charge in [-0.25, -0.2) is 0 Å². The summed E-state index contributed by atoms with van der Waals surface area (Å²) < 4.78 is 0. The Kier molecular flexibility index (Phi) is 4.30. The normalized spacial score (nSPS) is 12.0. The molecular weight excluding hydrogens is 120 g/mol. The molecular formula is C10H14. The molecule has 0 N–H and O–H groups in total. The van der Waals surface area contributed by atoms with E-state index in [-0.39, 0.29) is 0 Å². The zero-order chi connectivity index (χ0) is 7.98. The highest BCUT2D eigenvalue weighted by molar-refractivity contribution is 5.23. The monoisotopic (exact) mass is 134 g/mol. The van der Waals surface area contributed by atoms with Gasteiger partial charge in [0.2, 0.25) is 0 Å². The van der Waals surface area contributed by atoms with E-state index in [4.69, 9.17) is 0 Å². The van der Waals surface area contributed by atoms with E-state index < -0.39 is 0 Å². The van der Waals surface area contributed by atoms with Crippen LogP contribution < -0.4 is 0 Å². The minimum absolute atomic E-state index is 1.06. The number of rotatable bonds is 3. The van der Waals surface area contributed by atoms with Crippen LogP contribution >= 0.6 is 0 Å². The first-order valence-corrected chi connectivity index (χ1v) is 3.29. The first-order chi connectivity index (χ1) is 4.66. The summed E-state index contributed by atoms with van der Waals surface area (Å²) >= 11 is 0. The van der Waals surface area contributed by atoms with Gasteiger partial charge >= 0.3 is 0 Å². The number of hydrogen-bond donors (Lipinski definition) is 0. The summed E-state index contributed by atoms with van der Waals surface area (Å²) in [6.45, 7) is 11.3. The van der Waals surface area contributed by atoms with E-state index in [2.05, 4.69) is 13.2 Å². The highest BCUT2D eigenvalue weighted by Gasteiger charge is 1.74. The molecule has 0 saturated carbocycles. The molecule has 10 heavy (non-hydrogen) atoms. The molecule has 0 saturated heterocycles. The van der Waals surface area contributed by atoms with Crippen LogP contribution in [0.4, 0.5) is 0 Å². The van der Waals surface area contributed by atoms with Crippen LogP contribution in [0.25, 0.3) is 0 Å². The molecule has 0 rings (SSSR count). The van der Waals surface area contributed by atoms with Crippen molar-refractivity contribution in [3.8, 4) is 0 Å². The van der Waals surface area contributed by atoms with Crippen LogP contribution in [0.5, 0.6) is 0 Å². The average Bonchev–Trinajstić information content (AvgIpc) is 1.87. The molecule has 0 aromatic rings. The lowest BCUT2D eigenvalue weighted by Crippen LogP contribution is -1.63. The van der Waals surface area contributed by atoms with Crippen molar-refractivity contribution in [3.63, 3.8) is 0 Å². The summed E-state index contributed by atoms with van der Waals surface area (Å²) in [5.74, 6) is 0. The predicted octanol–water partition coefficient (Wildman–Crippen LogP) is 3.25. The van der Waals surface area contributed by atoms with Crippen LogP contribution in [0.2, 0.25) is 0 Å². The van der Waals surface area contributed by atoms with E-state index in [1.165, 1.54) is 0 Å². The molecule has 0 fully saturated rings. The summed E-state index contributed by atoms with van der Waals surface area (Å²) in [7, 11) is 0. The molecule has 0 bridgehead atoms. The maximum atomic E-state index is 3.74. The smallest absolute Gasteiger partial charge is 0.0398 e. The molecule has 0 radical (unpaired) electrons. The molecule has 54 valence electrons. The molecule has 0 aliphatic heterocycles. The van der Waals surface area contributed by atoms with Gasteiger partial charge in [0.25, 0.3) is 0 Å². The molecule has 0 spiro atoms. The van der Waals surface area contributed by atoms with Crippen molar-refractivity contribution in [3.05, 3.63) is 48.6 Å². The molecule has 0 heterocycles. The Morgan fingerprint density at radius 3 is 2.30 bits per heavy atom. The van der Waals surface area contributed by atoms with E-state index in [0.717, 1.165) is 11.1 Å². The van der Waals surface area contributed by atoms with E-state index in [1.807, 2.05) is 38.2 Å². The predicted molar refractivity (Wildman–Crippen MR) is 47.9 cm³/mol. The summed E-state index contributed by atoms with van der Waals surface area (Å²) in [6, 6.07) is 0. The Bertz CT molecular complexity index is 180. The summed E-state index contributed by atoms with van der Waals surface area (Å²) in [6.07, 6.45) is 7.76. The van der Waals surface area contributed by atoms with E-state index in [1.54, 1.807) is 0 Å². The summed E-state index contributed by atoms with van der Waals surface area (Å²) in [5, 5.41) is 0. The van der Waals surface area contributed by atoms with Gasteiger partial charge in [-0.1, -0.05) is 48.6 Å². The lowest BCUT2D eigenvalue weighted by atomic mass is 10.2. The molecule has 0 unspecified atom stereocenters. The largest absolute Gasteiger partial charge is 0.0988 e. The van der Waals surface area contributed by atoms with Gasteiger partial charge < -0.3 is 0 Å². The van der Waals surface area contributed by atoms with Crippen molar-refractivity contribution in [2.24, 2.45) is 0 Å². The fourth-order valence-corrected chi connectivity index (χ4v) is 0.432. The molecule has 0 atom stereocenters. The highest BCUT2D eigenvalue weighted by atomic mass is 13.8. The lowest BCUT2D eigenvalue weighted by Gasteiger charge is -1.84. The third-order valence-corrected chi connectivity index (χ3v) is 1.06. The molecule has 0 aliphatic rings. The van der Waals surface area contributed by atoms with Crippen LogP contribution in [0.3, 0.4) is 0 Å². The van der Waals surface area contributed by atoms with E-state index >= 15 is 0 Å². The van der Waals surface area contributed by atoms with Crippen molar-refractivity contribution < 1.29 is 0 Å². The van der Waals surface area contributed by atoms with Crippen LogP contribution in [-0.2, 0) is 0 Å². The van der Waals surface area contributed by atoms with Gasteiger partial charge in [-0.3, -0.25) is 0 Å². The third kappa shape index (κ3) is 5.10. The van der Waals surface area contributed by atoms with Gasteiger partial charge in [0.05, 0.1) is 0 Å². The Balaban J connectivity index is 3.93. The molecule has 0 amide bonds. The Morgan fingerprint density at radius 2 is 1.90 bits per heavy atom. The second-order valence-electron chi connectivity index (χ2n) is 2.32. The second-order valence-corrected chi connectivity index (χ2v) is 2.32. The molecule has 0 nitrogen and oxygen atoms in total. The Hall–Kier alpha value is -1.04. The molecule has 0 heteroatoms. The summed E-state index contributed by atoms with van der Waals surface area (Å²) in [4.78, 5) is 0. The molecule has 0 aliphatic carbocycles. The van der Waals surface area contributed by atoms with Crippen molar-refractivity contribution in [2.45, 2.75) is 13.8 Å². The Labute approximate surface area is 63.3 Å². The maximum absolute atomic E-state index is 3.74. The van der Waals surface area contributed by atoms with Crippen LogP contribution in [-0.4, -0.2) is 0 Å². The van der Waals surface area contributed by atoms with Crippen molar-refractivity contribution >= 4 is 0 Å². The van der Waals surface area contributed by atoms with Crippen molar-refractivity contribution in [1.29, 1.82) is 0 Å². The quantitative estimate of drug-likeness (QED) is 0.520. The second kappa shape index (κ2) is 4.80. The first kappa shape index (κ1) is 8.96. The van der Waals surface area contributed by atoms with Gasteiger partial charge in [0.1, 0.15) is 0 Å². The van der Waals surface area contributed by atoms with Gasteiger partial charge in [0.15, 0.2) is 0 Å². The fraction of sp³-hybridized carbons (Fsp3) is 0.200. The Morgan fingerprint density at radius 1 is 1.30 bits per heavy atom. The van der Waals surface area contributed by atoms with E-state index in [0.29, 0.717) is 0 Å². The third-order valence-electron chi connectivity index (χ3n) is 1.06. The van der Waals surface area contributed by atoms with Gasteiger partial charge in [-0.15, -0.1) is 0 Å². The van der Waals surface area contributed by atoms with Crippen LogP contribution in [0.15, 0.2) is 48.6 Å². The molecule has 0 aromatic carbocycles. The van der Waals surface area contributed by atoms with Crippen LogP contribution in [0, 0.1) is 0 Å². The van der Waals surface area contributed by atoms with E-state index in [9.17, 15) is 0 Å². The standard InChI is InChI=1S/C10H14/c1-5-10(4)8-6-7-9(2)3/h5-8H,1-2H2,3-4H3/b7-6-,10-8-. The first-order valence-electron chi connectivity index (χ1n) is 3.29. The maximum Gasteiger partial charge on any atom is -0.0398 e. The number of allylic oxidation sites excluding steroid dienone is 6. The lowest BCUT2D eigenvalue weighted by molar-refractivity contribution is 1.51.